The number of benzene rings is 1. The molecule has 0 aliphatic carbocycles. The Morgan fingerprint density at radius 2 is 2.04 bits per heavy atom. The molecule has 2 aromatic rings. The van der Waals surface area contributed by atoms with Crippen LogP contribution in [-0.4, -0.2) is 53.0 Å². The topological polar surface area (TPSA) is 89.4 Å². The third-order valence-electron chi connectivity index (χ3n) is 4.82. The number of piperazine rings is 1. The first-order valence-corrected chi connectivity index (χ1v) is 9.71. The highest BCUT2D eigenvalue weighted by Crippen LogP contribution is 2.30. The van der Waals surface area contributed by atoms with Crippen LogP contribution in [-0.2, 0) is 4.79 Å². The van der Waals surface area contributed by atoms with Gasteiger partial charge < -0.3 is 15.1 Å². The van der Waals surface area contributed by atoms with Crippen molar-refractivity contribution in [3.63, 3.8) is 0 Å². The molecule has 0 saturated carbocycles. The fourth-order valence-electron chi connectivity index (χ4n) is 3.40. The lowest BCUT2D eigenvalue weighted by molar-refractivity contribution is -0.126. The van der Waals surface area contributed by atoms with Crippen molar-refractivity contribution in [2.45, 2.75) is 0 Å². The van der Waals surface area contributed by atoms with Gasteiger partial charge in [0.25, 0.3) is 5.24 Å². The summed E-state index contributed by atoms with van der Waals surface area (Å²) in [5, 5.41) is 11.1. The average molecular weight is 393 g/mol. The van der Waals surface area contributed by atoms with Crippen molar-refractivity contribution in [2.75, 3.05) is 31.1 Å². The number of aromatic nitrogens is 1. The molecule has 2 saturated heterocycles. The smallest absolute Gasteiger partial charge is 0.289 e. The van der Waals surface area contributed by atoms with Crippen molar-refractivity contribution >= 4 is 51.4 Å². The molecule has 2 aliphatic rings. The van der Waals surface area contributed by atoms with E-state index in [-0.39, 0.29) is 17.0 Å². The number of carbonyl (C=O) groups excluding carboxylic acids is 2. The number of hydrogen-bond donors (Lipinski definition) is 2. The van der Waals surface area contributed by atoms with E-state index in [1.807, 2.05) is 30.3 Å². The summed E-state index contributed by atoms with van der Waals surface area (Å²) in [5.74, 6) is 0.0948. The van der Waals surface area contributed by atoms with E-state index in [9.17, 15) is 9.59 Å². The van der Waals surface area contributed by atoms with E-state index in [0.717, 1.165) is 47.0 Å². The van der Waals surface area contributed by atoms with E-state index in [1.54, 1.807) is 11.1 Å². The molecule has 2 aliphatic heterocycles. The van der Waals surface area contributed by atoms with Crippen LogP contribution < -0.4 is 10.2 Å². The number of amides is 2. The number of nitrogens with one attached hydrogen (secondary N) is 2. The highest BCUT2D eigenvalue weighted by atomic mass is 32.2. The molecule has 0 unspecified atom stereocenters. The van der Waals surface area contributed by atoms with E-state index in [0.29, 0.717) is 18.0 Å². The molecule has 1 aromatic carbocycles. The minimum absolute atomic E-state index is 0.0344. The molecule has 2 amide bonds. The summed E-state index contributed by atoms with van der Waals surface area (Å²) in [5.41, 5.74) is 2.86. The minimum atomic E-state index is -0.230. The molecule has 3 heterocycles. The Morgan fingerprint density at radius 1 is 1.25 bits per heavy atom. The second kappa shape index (κ2) is 7.47. The summed E-state index contributed by atoms with van der Waals surface area (Å²) in [6, 6.07) is 7.90. The SMILES string of the molecule is C=CC(=O)N1CCN(c2ccnc3ccc(/C=C4\SC(=O)NC4=N)cc23)CC1. The van der Waals surface area contributed by atoms with Crippen LogP contribution in [0.4, 0.5) is 10.5 Å². The Kier molecular flexibility index (Phi) is 4.87. The van der Waals surface area contributed by atoms with Crippen molar-refractivity contribution in [3.8, 4) is 0 Å². The van der Waals surface area contributed by atoms with Crippen LogP contribution in [0.15, 0.2) is 48.0 Å². The minimum Gasteiger partial charge on any atom is -0.367 e. The van der Waals surface area contributed by atoms with Crippen LogP contribution in [0, 0.1) is 5.41 Å². The average Bonchev–Trinajstić information content (AvgIpc) is 3.03. The van der Waals surface area contributed by atoms with Crippen molar-refractivity contribution < 1.29 is 9.59 Å². The molecular weight excluding hydrogens is 374 g/mol. The highest BCUT2D eigenvalue weighted by molar-refractivity contribution is 8.18. The Labute approximate surface area is 166 Å². The lowest BCUT2D eigenvalue weighted by Crippen LogP contribution is -2.48. The van der Waals surface area contributed by atoms with Gasteiger partial charge in [-0.05, 0) is 47.7 Å². The molecule has 0 atom stereocenters. The molecule has 142 valence electrons. The maximum Gasteiger partial charge on any atom is 0.289 e. The first kappa shape index (κ1) is 18.2. The Bertz CT molecular complexity index is 1020. The lowest BCUT2D eigenvalue weighted by atomic mass is 10.1. The second-order valence-electron chi connectivity index (χ2n) is 6.52. The Balaban J connectivity index is 1.64. The van der Waals surface area contributed by atoms with Crippen molar-refractivity contribution in [3.05, 3.63) is 53.6 Å². The first-order valence-electron chi connectivity index (χ1n) is 8.89. The van der Waals surface area contributed by atoms with E-state index in [4.69, 9.17) is 5.41 Å². The zero-order valence-electron chi connectivity index (χ0n) is 15.1. The maximum atomic E-state index is 11.8. The van der Waals surface area contributed by atoms with Crippen LogP contribution in [0.1, 0.15) is 5.56 Å². The number of rotatable bonds is 3. The number of hydrogen-bond acceptors (Lipinski definition) is 6. The third-order valence-corrected chi connectivity index (χ3v) is 5.65. The van der Waals surface area contributed by atoms with Gasteiger partial charge in [-0.3, -0.25) is 20.0 Å². The zero-order valence-corrected chi connectivity index (χ0v) is 16.0. The molecule has 4 rings (SSSR count). The summed E-state index contributed by atoms with van der Waals surface area (Å²) in [4.78, 5) is 32.4. The van der Waals surface area contributed by atoms with Gasteiger partial charge in [0.2, 0.25) is 5.91 Å². The fourth-order valence-corrected chi connectivity index (χ4v) is 4.11. The monoisotopic (exact) mass is 393 g/mol. The molecule has 28 heavy (non-hydrogen) atoms. The molecule has 2 N–H and O–H groups in total. The number of thioether (sulfide) groups is 1. The quantitative estimate of drug-likeness (QED) is 0.783. The Morgan fingerprint density at radius 3 is 2.71 bits per heavy atom. The highest BCUT2D eigenvalue weighted by Gasteiger charge is 2.23. The van der Waals surface area contributed by atoms with Gasteiger partial charge in [-0.2, -0.15) is 0 Å². The zero-order chi connectivity index (χ0) is 19.7. The molecular formula is C20H19N5O2S. The molecule has 0 bridgehead atoms. The summed E-state index contributed by atoms with van der Waals surface area (Å²) in [7, 11) is 0. The van der Waals surface area contributed by atoms with Crippen molar-refractivity contribution in [1.82, 2.24) is 15.2 Å². The van der Waals surface area contributed by atoms with E-state index in [2.05, 4.69) is 21.8 Å². The predicted octanol–water partition coefficient (Wildman–Crippen LogP) is 2.84. The van der Waals surface area contributed by atoms with E-state index >= 15 is 0 Å². The first-order chi connectivity index (χ1) is 13.5. The normalized spacial score (nSPS) is 18.6. The van der Waals surface area contributed by atoms with Gasteiger partial charge in [-0.25, -0.2) is 0 Å². The number of fused-ring (bicyclic) bond motifs is 1. The van der Waals surface area contributed by atoms with Gasteiger partial charge >= 0.3 is 0 Å². The molecule has 1 aromatic heterocycles. The van der Waals surface area contributed by atoms with Gasteiger partial charge in [-0.15, -0.1) is 0 Å². The van der Waals surface area contributed by atoms with E-state index < -0.39 is 0 Å². The van der Waals surface area contributed by atoms with Crippen molar-refractivity contribution in [2.24, 2.45) is 0 Å². The number of anilines is 1. The number of nitrogens with zero attached hydrogens (tertiary/aromatic N) is 3. The molecule has 0 spiro atoms. The van der Waals surface area contributed by atoms with Crippen LogP contribution in [0.2, 0.25) is 0 Å². The van der Waals surface area contributed by atoms with Gasteiger partial charge in [-0.1, -0.05) is 12.6 Å². The number of amidine groups is 1. The second-order valence-corrected chi connectivity index (χ2v) is 7.54. The van der Waals surface area contributed by atoms with Crippen LogP contribution in [0.5, 0.6) is 0 Å². The van der Waals surface area contributed by atoms with Gasteiger partial charge in [0, 0.05) is 43.4 Å². The van der Waals surface area contributed by atoms with Gasteiger partial charge in [0.15, 0.2) is 0 Å². The van der Waals surface area contributed by atoms with Gasteiger partial charge in [0.05, 0.1) is 10.4 Å². The van der Waals surface area contributed by atoms with Gasteiger partial charge in [0.1, 0.15) is 5.84 Å². The van der Waals surface area contributed by atoms with Crippen LogP contribution >= 0.6 is 11.8 Å². The molecule has 2 fully saturated rings. The number of carbonyl (C=O) groups is 2. The summed E-state index contributed by atoms with van der Waals surface area (Å²) in [6.45, 7) is 6.34. The summed E-state index contributed by atoms with van der Waals surface area (Å²) < 4.78 is 0. The lowest BCUT2D eigenvalue weighted by Gasteiger charge is -2.36. The maximum absolute atomic E-state index is 11.8. The van der Waals surface area contributed by atoms with Crippen LogP contribution in [0.25, 0.3) is 17.0 Å². The standard InChI is InChI=1S/C20H19N5O2S/c1-2-18(26)25-9-7-24(8-10-25)16-5-6-22-15-4-3-13(11-14(15)16)12-17-19(21)23-20(27)28-17/h2-6,11-12H,1,7-10H2,(H2,21,23,27)/b17-12-. The molecule has 7 nitrogen and oxygen atoms in total. The third kappa shape index (κ3) is 3.50. The fraction of sp³-hybridized carbons (Fsp3) is 0.200. The summed E-state index contributed by atoms with van der Waals surface area (Å²) >= 11 is 1.03. The largest absolute Gasteiger partial charge is 0.367 e. The summed E-state index contributed by atoms with van der Waals surface area (Å²) in [6.07, 6.45) is 4.99. The van der Waals surface area contributed by atoms with Crippen LogP contribution in [0.3, 0.4) is 0 Å². The molecule has 8 heteroatoms. The predicted molar refractivity (Wildman–Crippen MR) is 113 cm³/mol. The van der Waals surface area contributed by atoms with Crippen molar-refractivity contribution in [1.29, 1.82) is 5.41 Å². The number of pyridine rings is 1. The molecule has 0 radical (unpaired) electrons. The van der Waals surface area contributed by atoms with E-state index in [1.165, 1.54) is 6.08 Å². The Hall–Kier alpha value is -3.13.